The molecule has 10 heteroatoms. The summed E-state index contributed by atoms with van der Waals surface area (Å²) in [5, 5.41) is 13.7. The summed E-state index contributed by atoms with van der Waals surface area (Å²) < 4.78 is 18.3. The number of aromatic nitrogens is 3. The molecular formula is C16H21FN6OS2. The highest BCUT2D eigenvalue weighted by Crippen LogP contribution is 2.44. The molecule has 0 aromatic carbocycles. The van der Waals surface area contributed by atoms with Gasteiger partial charge in [-0.3, -0.25) is 5.32 Å². The van der Waals surface area contributed by atoms with Crippen LogP contribution in [0.4, 0.5) is 10.3 Å². The Morgan fingerprint density at radius 1 is 1.50 bits per heavy atom. The van der Waals surface area contributed by atoms with Crippen LogP contribution in [0.3, 0.4) is 0 Å². The molecule has 2 saturated heterocycles. The van der Waals surface area contributed by atoms with Crippen molar-refractivity contribution in [3.8, 4) is 0 Å². The molecule has 0 amide bonds. The Morgan fingerprint density at radius 3 is 3.00 bits per heavy atom. The highest BCUT2D eigenvalue weighted by Gasteiger charge is 2.52. The van der Waals surface area contributed by atoms with Crippen molar-refractivity contribution in [1.82, 2.24) is 19.7 Å². The molecule has 2 aromatic heterocycles. The van der Waals surface area contributed by atoms with E-state index in [9.17, 15) is 9.50 Å². The van der Waals surface area contributed by atoms with Crippen LogP contribution in [0, 0.1) is 11.7 Å². The van der Waals surface area contributed by atoms with Gasteiger partial charge in [0.2, 0.25) is 5.95 Å². The van der Waals surface area contributed by atoms with E-state index < -0.39 is 11.4 Å². The monoisotopic (exact) mass is 396 g/mol. The number of hydrogen-bond acceptors (Lipinski definition) is 9. The summed E-state index contributed by atoms with van der Waals surface area (Å²) in [6.07, 6.45) is 2.93. The van der Waals surface area contributed by atoms with Gasteiger partial charge < -0.3 is 15.7 Å². The van der Waals surface area contributed by atoms with Gasteiger partial charge in [-0.25, -0.2) is 18.7 Å². The van der Waals surface area contributed by atoms with Crippen LogP contribution in [0.1, 0.15) is 24.4 Å². The average Bonchev–Trinajstić information content (AvgIpc) is 3.22. The number of nitrogens with two attached hydrogens (primary N) is 1. The van der Waals surface area contributed by atoms with Gasteiger partial charge in [0.05, 0.1) is 11.7 Å². The lowest BCUT2D eigenvalue weighted by Gasteiger charge is -2.41. The number of nitrogens with one attached hydrogen (secondary N) is 1. The van der Waals surface area contributed by atoms with Crippen molar-refractivity contribution in [1.29, 1.82) is 0 Å². The van der Waals surface area contributed by atoms with E-state index in [1.807, 2.05) is 11.0 Å². The molecule has 2 aliphatic rings. The van der Waals surface area contributed by atoms with E-state index in [-0.39, 0.29) is 16.7 Å². The molecule has 2 aromatic rings. The van der Waals surface area contributed by atoms with Gasteiger partial charge in [-0.1, -0.05) is 0 Å². The second-order valence-electron chi connectivity index (χ2n) is 7.25. The minimum Gasteiger partial charge on any atom is -0.384 e. The molecule has 4 N–H and O–H groups in total. The van der Waals surface area contributed by atoms with Crippen molar-refractivity contribution < 1.29 is 9.50 Å². The second-order valence-corrected chi connectivity index (χ2v) is 9.26. The first-order chi connectivity index (χ1) is 12.3. The largest absolute Gasteiger partial charge is 0.384 e. The molecule has 26 heavy (non-hydrogen) atoms. The van der Waals surface area contributed by atoms with Crippen LogP contribution >= 0.6 is 23.3 Å². The number of nitrogens with zero attached hydrogens (tertiary/aromatic N) is 4. The number of thioether (sulfide) groups is 1. The maximum Gasteiger partial charge on any atom is 0.225 e. The Balaban J connectivity index is 1.70. The first-order valence-electron chi connectivity index (χ1n) is 8.36. The topological polar surface area (TPSA) is 100 Å². The predicted molar refractivity (Wildman–Crippen MR) is 100 cm³/mol. The fourth-order valence-corrected chi connectivity index (χ4v) is 5.61. The van der Waals surface area contributed by atoms with E-state index in [1.54, 1.807) is 18.0 Å². The first kappa shape index (κ1) is 18.1. The van der Waals surface area contributed by atoms with Crippen LogP contribution in [0.15, 0.2) is 18.5 Å². The van der Waals surface area contributed by atoms with E-state index >= 15 is 0 Å². The van der Waals surface area contributed by atoms with Crippen molar-refractivity contribution in [3.63, 3.8) is 0 Å². The van der Waals surface area contributed by atoms with E-state index in [0.717, 1.165) is 23.4 Å². The maximum absolute atomic E-state index is 14.1. The zero-order chi connectivity index (χ0) is 18.5. The van der Waals surface area contributed by atoms with Gasteiger partial charge in [-0.05, 0) is 31.4 Å². The third-order valence-corrected chi connectivity index (χ3v) is 6.92. The van der Waals surface area contributed by atoms with Crippen LogP contribution in [0.5, 0.6) is 0 Å². The van der Waals surface area contributed by atoms with Crippen molar-refractivity contribution in [2.75, 3.05) is 23.7 Å². The van der Waals surface area contributed by atoms with Crippen LogP contribution in [-0.2, 0) is 11.1 Å². The van der Waals surface area contributed by atoms with Gasteiger partial charge in [0.1, 0.15) is 16.8 Å². The van der Waals surface area contributed by atoms with Gasteiger partial charge in [0.25, 0.3) is 0 Å². The Kier molecular flexibility index (Phi) is 4.43. The Morgan fingerprint density at radius 2 is 2.31 bits per heavy atom. The number of anilines is 1. The van der Waals surface area contributed by atoms with E-state index in [4.69, 9.17) is 5.73 Å². The lowest BCUT2D eigenvalue weighted by Crippen LogP contribution is -2.58. The third kappa shape index (κ3) is 2.99. The summed E-state index contributed by atoms with van der Waals surface area (Å²) in [4.78, 5) is 11.7. The fourth-order valence-electron chi connectivity index (χ4n) is 3.68. The summed E-state index contributed by atoms with van der Waals surface area (Å²) in [6.45, 7) is 4.37. The smallest absolute Gasteiger partial charge is 0.225 e. The van der Waals surface area contributed by atoms with Crippen molar-refractivity contribution in [3.05, 3.63) is 34.8 Å². The molecule has 0 aliphatic carbocycles. The number of aliphatic hydroxyl groups is 1. The summed E-state index contributed by atoms with van der Waals surface area (Å²) in [6, 6.07) is 2.02. The molecule has 0 saturated carbocycles. The number of fused-ring (bicyclic) bond motifs is 1. The Bertz CT molecular complexity index is 799. The van der Waals surface area contributed by atoms with Crippen molar-refractivity contribution in [2.24, 2.45) is 11.7 Å². The van der Waals surface area contributed by atoms with Gasteiger partial charge >= 0.3 is 0 Å². The molecule has 0 bridgehead atoms. The van der Waals surface area contributed by atoms with Crippen LogP contribution in [0.2, 0.25) is 0 Å². The standard InChI is InChI=1S/C16H21FN6OS2/c1-15(2,24)12-10(17)5-19-14(21-12)23-6-9-7-25-13(18)22-16(9,8-23)11-3-4-20-26-11/h3-5,9,13,22,24H,6-8,18H2,1-2H3/t9-,13?,16-/m0/s1. The van der Waals surface area contributed by atoms with Gasteiger partial charge in [-0.15, -0.1) is 11.8 Å². The van der Waals surface area contributed by atoms with E-state index in [2.05, 4.69) is 19.7 Å². The summed E-state index contributed by atoms with van der Waals surface area (Å²) in [5.74, 6) is 1.02. The van der Waals surface area contributed by atoms with E-state index in [1.165, 1.54) is 25.4 Å². The van der Waals surface area contributed by atoms with Crippen LogP contribution < -0.4 is 16.0 Å². The molecule has 1 unspecified atom stereocenters. The molecule has 3 atom stereocenters. The summed E-state index contributed by atoms with van der Waals surface area (Å²) in [5.41, 5.74) is 4.32. The number of hydrogen-bond donors (Lipinski definition) is 3. The lowest BCUT2D eigenvalue weighted by atomic mass is 9.86. The average molecular weight is 397 g/mol. The molecule has 4 heterocycles. The fraction of sp³-hybridized carbons (Fsp3) is 0.562. The Labute approximate surface area is 159 Å². The zero-order valence-electron chi connectivity index (χ0n) is 14.5. The van der Waals surface area contributed by atoms with Gasteiger partial charge in [0.15, 0.2) is 5.82 Å². The van der Waals surface area contributed by atoms with Crippen LogP contribution in [0.25, 0.3) is 0 Å². The normalized spacial score (nSPS) is 29.0. The number of rotatable bonds is 3. The molecule has 0 radical (unpaired) electrons. The van der Waals surface area contributed by atoms with Gasteiger partial charge in [-0.2, -0.15) is 0 Å². The van der Waals surface area contributed by atoms with Crippen LogP contribution in [-0.4, -0.2) is 43.8 Å². The maximum atomic E-state index is 14.1. The highest BCUT2D eigenvalue weighted by molar-refractivity contribution is 7.99. The SMILES string of the molecule is CC(C)(O)c1nc(N2C[C@H]3CSC(N)N[C@@]3(c3ccns3)C2)ncc1F. The summed E-state index contributed by atoms with van der Waals surface area (Å²) >= 11 is 3.14. The third-order valence-electron chi connectivity index (χ3n) is 4.93. The minimum atomic E-state index is -1.37. The zero-order valence-corrected chi connectivity index (χ0v) is 16.1. The molecule has 4 rings (SSSR count). The Hall–Kier alpha value is -1.33. The molecule has 2 fully saturated rings. The highest BCUT2D eigenvalue weighted by atomic mass is 32.2. The molecular weight excluding hydrogens is 375 g/mol. The minimum absolute atomic E-state index is 0.00301. The molecule has 140 valence electrons. The second kappa shape index (κ2) is 6.38. The van der Waals surface area contributed by atoms with Crippen molar-refractivity contribution in [2.45, 2.75) is 30.5 Å². The molecule has 0 spiro atoms. The van der Waals surface area contributed by atoms with Crippen molar-refractivity contribution >= 4 is 29.2 Å². The lowest BCUT2D eigenvalue weighted by molar-refractivity contribution is 0.0693. The predicted octanol–water partition coefficient (Wildman–Crippen LogP) is 1.21. The quantitative estimate of drug-likeness (QED) is 0.712. The first-order valence-corrected chi connectivity index (χ1v) is 10.2. The summed E-state index contributed by atoms with van der Waals surface area (Å²) in [7, 11) is 0. The molecule has 7 nitrogen and oxygen atoms in total. The molecule has 2 aliphatic heterocycles. The van der Waals surface area contributed by atoms with E-state index in [0.29, 0.717) is 18.4 Å². The number of halogens is 1. The van der Waals surface area contributed by atoms with Gasteiger partial charge in [0, 0.05) is 35.8 Å².